The van der Waals surface area contributed by atoms with Gasteiger partial charge in [0.15, 0.2) is 5.84 Å². The molecule has 0 atom stereocenters. The zero-order valence-corrected chi connectivity index (χ0v) is 10.5. The zero-order valence-electron chi connectivity index (χ0n) is 10.5. The van der Waals surface area contributed by atoms with E-state index in [1.165, 1.54) is 0 Å². The van der Waals surface area contributed by atoms with Gasteiger partial charge >= 0.3 is 0 Å². The molecule has 19 heavy (non-hydrogen) atoms. The van der Waals surface area contributed by atoms with Gasteiger partial charge in [0.25, 0.3) is 0 Å². The van der Waals surface area contributed by atoms with Crippen LogP contribution < -0.4 is 16.8 Å². The predicted molar refractivity (Wildman–Crippen MR) is 70.7 cm³/mol. The third kappa shape index (κ3) is 5.84. The standard InChI is InChI=1S/C12H18N4O3/c13-11(17)8-19-5-4-15-7-9-2-1-3-10(6-9)12(14)16-18/h1-3,6,15,18H,4-5,7-8H2,(H2,13,17)(H2,14,16). The van der Waals surface area contributed by atoms with Crippen LogP contribution in [0.5, 0.6) is 0 Å². The molecule has 0 unspecified atom stereocenters. The molecule has 0 aromatic heterocycles. The van der Waals surface area contributed by atoms with E-state index >= 15 is 0 Å². The number of ether oxygens (including phenoxy) is 1. The monoisotopic (exact) mass is 266 g/mol. The van der Waals surface area contributed by atoms with Crippen molar-refractivity contribution in [3.63, 3.8) is 0 Å². The van der Waals surface area contributed by atoms with Crippen molar-refractivity contribution in [2.24, 2.45) is 16.6 Å². The molecule has 1 rings (SSSR count). The number of nitrogens with one attached hydrogen (secondary N) is 1. The summed E-state index contributed by atoms with van der Waals surface area (Å²) in [5.74, 6) is -0.405. The number of carbonyl (C=O) groups is 1. The molecule has 0 radical (unpaired) electrons. The number of oxime groups is 1. The van der Waals surface area contributed by atoms with Crippen LogP contribution in [-0.4, -0.2) is 36.7 Å². The van der Waals surface area contributed by atoms with Crippen LogP contribution in [0.25, 0.3) is 0 Å². The molecule has 6 N–H and O–H groups in total. The van der Waals surface area contributed by atoms with Crippen LogP contribution in [-0.2, 0) is 16.1 Å². The lowest BCUT2D eigenvalue weighted by atomic mass is 10.1. The summed E-state index contributed by atoms with van der Waals surface area (Å²) in [4.78, 5) is 10.4. The number of benzene rings is 1. The van der Waals surface area contributed by atoms with E-state index in [1.807, 2.05) is 18.2 Å². The van der Waals surface area contributed by atoms with E-state index in [1.54, 1.807) is 6.07 Å². The number of nitrogens with zero attached hydrogens (tertiary/aromatic N) is 1. The third-order valence-electron chi connectivity index (χ3n) is 2.33. The lowest BCUT2D eigenvalue weighted by Crippen LogP contribution is -2.24. The topological polar surface area (TPSA) is 123 Å². The first-order chi connectivity index (χ1) is 9.13. The van der Waals surface area contributed by atoms with E-state index in [0.717, 1.165) is 5.56 Å². The minimum Gasteiger partial charge on any atom is -0.409 e. The number of hydrogen-bond acceptors (Lipinski definition) is 5. The van der Waals surface area contributed by atoms with Gasteiger partial charge in [-0.25, -0.2) is 0 Å². The van der Waals surface area contributed by atoms with Gasteiger partial charge in [-0.05, 0) is 11.6 Å². The van der Waals surface area contributed by atoms with Gasteiger partial charge in [-0.1, -0.05) is 23.4 Å². The summed E-state index contributed by atoms with van der Waals surface area (Å²) in [5, 5.41) is 14.7. The average Bonchev–Trinajstić information content (AvgIpc) is 2.41. The fourth-order valence-corrected chi connectivity index (χ4v) is 1.45. The highest BCUT2D eigenvalue weighted by Gasteiger charge is 2.00. The van der Waals surface area contributed by atoms with Gasteiger partial charge in [0.05, 0.1) is 6.61 Å². The summed E-state index contributed by atoms with van der Waals surface area (Å²) in [6.07, 6.45) is 0. The summed E-state index contributed by atoms with van der Waals surface area (Å²) in [6, 6.07) is 7.33. The van der Waals surface area contributed by atoms with Gasteiger partial charge in [-0.3, -0.25) is 4.79 Å². The van der Waals surface area contributed by atoms with Gasteiger partial charge in [-0.2, -0.15) is 0 Å². The molecule has 0 aliphatic rings. The molecule has 0 aliphatic carbocycles. The minimum atomic E-state index is -0.480. The van der Waals surface area contributed by atoms with Crippen molar-refractivity contribution < 1.29 is 14.7 Å². The van der Waals surface area contributed by atoms with Gasteiger partial charge in [0, 0.05) is 18.7 Å². The van der Waals surface area contributed by atoms with Crippen molar-refractivity contribution in [2.75, 3.05) is 19.8 Å². The average molecular weight is 266 g/mol. The fraction of sp³-hybridized carbons (Fsp3) is 0.333. The molecular weight excluding hydrogens is 248 g/mol. The lowest BCUT2D eigenvalue weighted by Gasteiger charge is -2.06. The Bertz CT molecular complexity index is 448. The van der Waals surface area contributed by atoms with E-state index in [2.05, 4.69) is 10.5 Å². The second-order valence-electron chi connectivity index (χ2n) is 3.88. The van der Waals surface area contributed by atoms with Crippen molar-refractivity contribution in [3.8, 4) is 0 Å². The maximum Gasteiger partial charge on any atom is 0.243 e. The Hall–Kier alpha value is -2.12. The Morgan fingerprint density at radius 2 is 2.21 bits per heavy atom. The fourth-order valence-electron chi connectivity index (χ4n) is 1.45. The van der Waals surface area contributed by atoms with Crippen LogP contribution in [0.2, 0.25) is 0 Å². The van der Waals surface area contributed by atoms with Crippen molar-refractivity contribution in [1.29, 1.82) is 0 Å². The lowest BCUT2D eigenvalue weighted by molar-refractivity contribution is -0.122. The van der Waals surface area contributed by atoms with E-state index in [0.29, 0.717) is 25.3 Å². The van der Waals surface area contributed by atoms with Crippen LogP contribution in [0.3, 0.4) is 0 Å². The second kappa shape index (κ2) is 8.06. The number of nitrogens with two attached hydrogens (primary N) is 2. The predicted octanol–water partition coefficient (Wildman–Crippen LogP) is -0.627. The molecule has 104 valence electrons. The van der Waals surface area contributed by atoms with Crippen LogP contribution in [0, 0.1) is 0 Å². The highest BCUT2D eigenvalue weighted by molar-refractivity contribution is 5.97. The Balaban J connectivity index is 2.31. The molecule has 0 bridgehead atoms. The van der Waals surface area contributed by atoms with Crippen molar-refractivity contribution >= 4 is 11.7 Å². The van der Waals surface area contributed by atoms with Gasteiger partial charge < -0.3 is 26.7 Å². The van der Waals surface area contributed by atoms with Crippen LogP contribution in [0.1, 0.15) is 11.1 Å². The number of amides is 1. The number of rotatable bonds is 8. The van der Waals surface area contributed by atoms with Gasteiger partial charge in [0.1, 0.15) is 6.61 Å². The van der Waals surface area contributed by atoms with Crippen molar-refractivity contribution in [3.05, 3.63) is 35.4 Å². The third-order valence-corrected chi connectivity index (χ3v) is 2.33. The molecule has 7 heteroatoms. The maximum atomic E-state index is 10.4. The first-order valence-corrected chi connectivity index (χ1v) is 5.77. The van der Waals surface area contributed by atoms with Gasteiger partial charge in [-0.15, -0.1) is 0 Å². The highest BCUT2D eigenvalue weighted by Crippen LogP contribution is 2.04. The molecule has 0 fully saturated rings. The quantitative estimate of drug-likeness (QED) is 0.164. The zero-order chi connectivity index (χ0) is 14.1. The molecule has 1 aromatic rings. The maximum absolute atomic E-state index is 10.4. The van der Waals surface area contributed by atoms with Gasteiger partial charge in [0.2, 0.25) is 5.91 Å². The van der Waals surface area contributed by atoms with E-state index in [4.69, 9.17) is 21.4 Å². The van der Waals surface area contributed by atoms with E-state index in [9.17, 15) is 4.79 Å². The highest BCUT2D eigenvalue weighted by atomic mass is 16.5. The number of primary amides is 1. The largest absolute Gasteiger partial charge is 0.409 e. The Morgan fingerprint density at radius 1 is 1.42 bits per heavy atom. The molecule has 0 spiro atoms. The summed E-state index contributed by atoms with van der Waals surface area (Å²) in [5.41, 5.74) is 12.1. The first kappa shape index (κ1) is 14.9. The molecule has 0 saturated carbocycles. The Kier molecular flexibility index (Phi) is 6.34. The summed E-state index contributed by atoms with van der Waals surface area (Å²) < 4.78 is 5.00. The normalized spacial score (nSPS) is 11.5. The number of hydrogen-bond donors (Lipinski definition) is 4. The molecular formula is C12H18N4O3. The van der Waals surface area contributed by atoms with E-state index < -0.39 is 5.91 Å². The number of amidine groups is 1. The number of carbonyl (C=O) groups excluding carboxylic acids is 1. The SMILES string of the molecule is NC(=O)COCCNCc1cccc(/C(N)=N/O)c1. The van der Waals surface area contributed by atoms with Crippen LogP contribution >= 0.6 is 0 Å². The van der Waals surface area contributed by atoms with Crippen molar-refractivity contribution in [1.82, 2.24) is 5.32 Å². The van der Waals surface area contributed by atoms with Crippen LogP contribution in [0.4, 0.5) is 0 Å². The summed E-state index contributed by atoms with van der Waals surface area (Å²) in [6.45, 7) is 1.55. The molecule has 0 heterocycles. The summed E-state index contributed by atoms with van der Waals surface area (Å²) >= 11 is 0. The second-order valence-corrected chi connectivity index (χ2v) is 3.88. The van der Waals surface area contributed by atoms with Crippen LogP contribution in [0.15, 0.2) is 29.4 Å². The first-order valence-electron chi connectivity index (χ1n) is 5.77. The summed E-state index contributed by atoms with van der Waals surface area (Å²) in [7, 11) is 0. The molecule has 0 aliphatic heterocycles. The van der Waals surface area contributed by atoms with Crippen molar-refractivity contribution in [2.45, 2.75) is 6.54 Å². The smallest absolute Gasteiger partial charge is 0.243 e. The minimum absolute atomic E-state index is 0.0688. The Morgan fingerprint density at radius 3 is 2.89 bits per heavy atom. The molecule has 1 aromatic carbocycles. The Labute approximate surface area is 111 Å². The molecule has 0 saturated heterocycles. The molecule has 1 amide bonds. The molecule has 7 nitrogen and oxygen atoms in total. The van der Waals surface area contributed by atoms with E-state index in [-0.39, 0.29) is 12.4 Å².